The van der Waals surface area contributed by atoms with Crippen molar-refractivity contribution in [1.82, 2.24) is 0 Å². The van der Waals surface area contributed by atoms with Crippen LogP contribution in [0.15, 0.2) is 0 Å². The van der Waals surface area contributed by atoms with Gasteiger partial charge >= 0.3 is 0 Å². The fourth-order valence-corrected chi connectivity index (χ4v) is 2.04. The number of carbonyl (C=O) groups is 1. The maximum Gasteiger partial charge on any atom is 0.186 e. The number of carbonyl (C=O) groups excluding carboxylic acids is 1. The summed E-state index contributed by atoms with van der Waals surface area (Å²) in [7, 11) is 0. The fraction of sp³-hybridized carbons (Fsp3) is 0.857. The fourth-order valence-electron chi connectivity index (χ4n) is 1.09. The second-order valence-electron chi connectivity index (χ2n) is 2.66. The monoisotopic (exact) mass is 176 g/mol. The highest BCUT2D eigenvalue weighted by atomic mass is 32.2. The van der Waals surface area contributed by atoms with Crippen LogP contribution in [0.2, 0.25) is 0 Å². The first-order valence-electron chi connectivity index (χ1n) is 3.61. The average Bonchev–Trinajstić information content (AvgIpc) is 1.85. The number of hydrogen-bond acceptors (Lipinski definition) is 4. The number of thioether (sulfide) groups is 1. The zero-order valence-electron chi connectivity index (χ0n) is 6.45. The summed E-state index contributed by atoms with van der Waals surface area (Å²) in [6, 6.07) is 0. The van der Waals surface area contributed by atoms with Gasteiger partial charge in [-0.1, -0.05) is 11.8 Å². The van der Waals surface area contributed by atoms with Crippen LogP contribution in [0.1, 0.15) is 13.3 Å². The van der Waals surface area contributed by atoms with E-state index in [4.69, 9.17) is 9.84 Å². The second-order valence-corrected chi connectivity index (χ2v) is 4.14. The maximum atomic E-state index is 10.6. The van der Waals surface area contributed by atoms with Gasteiger partial charge in [0.15, 0.2) is 5.12 Å². The van der Waals surface area contributed by atoms with Crippen LogP contribution < -0.4 is 0 Å². The molecule has 0 amide bonds. The summed E-state index contributed by atoms with van der Waals surface area (Å²) in [6.45, 7) is 2.53. The molecular formula is C7H12O3S. The number of aliphatic hydroxyl groups excluding tert-OH is 1. The van der Waals surface area contributed by atoms with Crippen molar-refractivity contribution in [3.05, 3.63) is 0 Å². The molecule has 1 heterocycles. The summed E-state index contributed by atoms with van der Waals surface area (Å²) < 4.78 is 5.07. The molecule has 1 rings (SSSR count). The molecule has 2 unspecified atom stereocenters. The van der Waals surface area contributed by atoms with Gasteiger partial charge in [-0.3, -0.25) is 4.79 Å². The molecule has 1 fully saturated rings. The molecule has 1 saturated heterocycles. The van der Waals surface area contributed by atoms with Crippen molar-refractivity contribution in [2.24, 2.45) is 0 Å². The van der Waals surface area contributed by atoms with Gasteiger partial charge in [-0.25, -0.2) is 0 Å². The first-order chi connectivity index (χ1) is 5.18. The number of rotatable bonds is 1. The smallest absolute Gasteiger partial charge is 0.186 e. The first-order valence-corrected chi connectivity index (χ1v) is 4.49. The Bertz CT molecular complexity index is 149. The molecule has 0 saturated carbocycles. The van der Waals surface area contributed by atoms with Gasteiger partial charge < -0.3 is 9.84 Å². The Balaban J connectivity index is 2.28. The van der Waals surface area contributed by atoms with E-state index in [1.54, 1.807) is 0 Å². The van der Waals surface area contributed by atoms with Crippen LogP contribution >= 0.6 is 11.8 Å². The lowest BCUT2D eigenvalue weighted by Gasteiger charge is -2.24. The molecule has 0 spiro atoms. The highest BCUT2D eigenvalue weighted by Gasteiger charge is 2.22. The van der Waals surface area contributed by atoms with E-state index in [1.807, 2.05) is 0 Å². The minimum atomic E-state index is -0.388. The molecule has 0 bridgehead atoms. The zero-order valence-corrected chi connectivity index (χ0v) is 7.26. The van der Waals surface area contributed by atoms with Crippen LogP contribution in [-0.2, 0) is 9.53 Å². The Morgan fingerprint density at radius 1 is 1.64 bits per heavy atom. The summed E-state index contributed by atoms with van der Waals surface area (Å²) in [6.07, 6.45) is 0.283. The molecule has 1 N–H and O–H groups in total. The van der Waals surface area contributed by atoms with Gasteiger partial charge in [0, 0.05) is 12.2 Å². The predicted molar refractivity (Wildman–Crippen MR) is 43.5 cm³/mol. The van der Waals surface area contributed by atoms with Crippen LogP contribution in [0.3, 0.4) is 0 Å². The lowest BCUT2D eigenvalue weighted by molar-refractivity contribution is -0.109. The SMILES string of the molecule is CC(=O)SC1COCC(O)C1. The summed E-state index contributed by atoms with van der Waals surface area (Å²) in [5.41, 5.74) is 0. The predicted octanol–water partition coefficient (Wildman–Crippen LogP) is 0.416. The van der Waals surface area contributed by atoms with Crippen molar-refractivity contribution in [2.75, 3.05) is 13.2 Å². The lowest BCUT2D eigenvalue weighted by atomic mass is 10.2. The Labute approximate surface area is 70.1 Å². The van der Waals surface area contributed by atoms with Crippen LogP contribution in [0.4, 0.5) is 0 Å². The topological polar surface area (TPSA) is 46.5 Å². The van der Waals surface area contributed by atoms with E-state index in [2.05, 4.69) is 0 Å². The average molecular weight is 176 g/mol. The Hall–Kier alpha value is -0.0600. The third kappa shape index (κ3) is 3.22. The third-order valence-corrected chi connectivity index (χ3v) is 2.48. The summed E-state index contributed by atoms with van der Waals surface area (Å²) in [5, 5.41) is 9.38. The lowest BCUT2D eigenvalue weighted by Crippen LogP contribution is -2.31. The minimum Gasteiger partial charge on any atom is -0.391 e. The normalized spacial score (nSPS) is 31.8. The molecule has 1 aliphatic heterocycles. The van der Waals surface area contributed by atoms with Crippen LogP contribution in [0.5, 0.6) is 0 Å². The number of aliphatic hydroxyl groups is 1. The molecule has 0 aromatic carbocycles. The van der Waals surface area contributed by atoms with Crippen molar-refractivity contribution in [2.45, 2.75) is 24.7 Å². The molecule has 0 aliphatic carbocycles. The summed E-state index contributed by atoms with van der Waals surface area (Å²) >= 11 is 1.26. The van der Waals surface area contributed by atoms with Crippen LogP contribution in [0, 0.1) is 0 Å². The summed E-state index contributed by atoms with van der Waals surface area (Å²) in [4.78, 5) is 10.6. The second kappa shape index (κ2) is 4.09. The van der Waals surface area contributed by atoms with E-state index in [-0.39, 0.29) is 16.5 Å². The number of ether oxygens (including phenoxy) is 1. The van der Waals surface area contributed by atoms with Gasteiger partial charge in [-0.05, 0) is 6.42 Å². The van der Waals surface area contributed by atoms with Gasteiger partial charge in [0.25, 0.3) is 0 Å². The molecule has 1 aliphatic rings. The van der Waals surface area contributed by atoms with E-state index < -0.39 is 0 Å². The molecule has 64 valence electrons. The van der Waals surface area contributed by atoms with Crippen molar-refractivity contribution in [3.63, 3.8) is 0 Å². The molecule has 2 atom stereocenters. The highest BCUT2D eigenvalue weighted by molar-refractivity contribution is 8.14. The van der Waals surface area contributed by atoms with E-state index in [1.165, 1.54) is 18.7 Å². The molecule has 0 aromatic heterocycles. The minimum absolute atomic E-state index is 0.0905. The Morgan fingerprint density at radius 2 is 2.36 bits per heavy atom. The number of hydrogen-bond donors (Lipinski definition) is 1. The molecular weight excluding hydrogens is 164 g/mol. The van der Waals surface area contributed by atoms with Crippen molar-refractivity contribution in [1.29, 1.82) is 0 Å². The van der Waals surface area contributed by atoms with E-state index >= 15 is 0 Å². The Morgan fingerprint density at radius 3 is 2.91 bits per heavy atom. The Kier molecular flexibility index (Phi) is 3.36. The molecule has 11 heavy (non-hydrogen) atoms. The van der Waals surface area contributed by atoms with Gasteiger partial charge in [0.1, 0.15) is 0 Å². The molecule has 0 radical (unpaired) electrons. The van der Waals surface area contributed by atoms with Crippen molar-refractivity contribution >= 4 is 16.9 Å². The van der Waals surface area contributed by atoms with Crippen molar-refractivity contribution in [3.8, 4) is 0 Å². The molecule has 0 aromatic rings. The molecule has 4 heteroatoms. The van der Waals surface area contributed by atoms with E-state index in [0.717, 1.165) is 0 Å². The van der Waals surface area contributed by atoms with E-state index in [9.17, 15) is 4.79 Å². The van der Waals surface area contributed by atoms with E-state index in [0.29, 0.717) is 19.6 Å². The van der Waals surface area contributed by atoms with Gasteiger partial charge in [0.05, 0.1) is 19.3 Å². The van der Waals surface area contributed by atoms with Gasteiger partial charge in [0.2, 0.25) is 0 Å². The maximum absolute atomic E-state index is 10.6. The van der Waals surface area contributed by atoms with Gasteiger partial charge in [-0.2, -0.15) is 0 Å². The standard InChI is InChI=1S/C7H12O3S/c1-5(8)11-7-2-6(9)3-10-4-7/h6-7,9H,2-4H2,1H3. The highest BCUT2D eigenvalue weighted by Crippen LogP contribution is 2.21. The first kappa shape index (κ1) is 9.03. The largest absolute Gasteiger partial charge is 0.391 e. The zero-order chi connectivity index (χ0) is 8.27. The van der Waals surface area contributed by atoms with Crippen molar-refractivity contribution < 1.29 is 14.6 Å². The van der Waals surface area contributed by atoms with Crippen LogP contribution in [0.25, 0.3) is 0 Å². The van der Waals surface area contributed by atoms with Crippen LogP contribution in [-0.4, -0.2) is 34.8 Å². The summed E-state index contributed by atoms with van der Waals surface area (Å²) in [5.74, 6) is 0. The van der Waals surface area contributed by atoms with Gasteiger partial charge in [-0.15, -0.1) is 0 Å². The molecule has 3 nitrogen and oxygen atoms in total. The third-order valence-electron chi connectivity index (χ3n) is 1.48. The quantitative estimate of drug-likeness (QED) is 0.629.